The van der Waals surface area contributed by atoms with Crippen LogP contribution in [0.15, 0.2) is 24.3 Å². The van der Waals surface area contributed by atoms with E-state index in [2.05, 4.69) is 20.6 Å². The molecule has 25 heavy (non-hydrogen) atoms. The molecule has 0 amide bonds. The van der Waals surface area contributed by atoms with Gasteiger partial charge in [0.2, 0.25) is 5.95 Å². The molecule has 0 unspecified atom stereocenters. The largest absolute Gasteiger partial charge is 0.433 e. The summed E-state index contributed by atoms with van der Waals surface area (Å²) in [4.78, 5) is 7.22. The molecule has 0 saturated heterocycles. The standard InChI is InChI=1S/C15H13F4N5O/c1-8(7-25)21-14-23-12(15(17,18)19)5-13(24-14)22-11-4-2-3-10(16)9(11)6-20/h2-5,8,25H,7H2,1H3,(H2,21,22,23,24)/t8-/m1/s1. The van der Waals surface area contributed by atoms with Crippen molar-refractivity contribution in [1.29, 1.82) is 5.26 Å². The van der Waals surface area contributed by atoms with Crippen molar-refractivity contribution in [3.63, 3.8) is 0 Å². The first-order valence-corrected chi connectivity index (χ1v) is 7.04. The number of nitriles is 1. The number of hydrogen-bond donors (Lipinski definition) is 3. The molecule has 0 bridgehead atoms. The number of benzene rings is 1. The smallest absolute Gasteiger partial charge is 0.394 e. The lowest BCUT2D eigenvalue weighted by Gasteiger charge is -2.15. The second-order valence-corrected chi connectivity index (χ2v) is 5.09. The van der Waals surface area contributed by atoms with Gasteiger partial charge >= 0.3 is 6.18 Å². The van der Waals surface area contributed by atoms with Crippen LogP contribution in [-0.4, -0.2) is 27.7 Å². The lowest BCUT2D eigenvalue weighted by Crippen LogP contribution is -2.22. The van der Waals surface area contributed by atoms with E-state index in [0.29, 0.717) is 6.07 Å². The lowest BCUT2D eigenvalue weighted by molar-refractivity contribution is -0.141. The summed E-state index contributed by atoms with van der Waals surface area (Å²) < 4.78 is 52.6. The maximum Gasteiger partial charge on any atom is 0.433 e. The third-order valence-electron chi connectivity index (χ3n) is 3.05. The maximum absolute atomic E-state index is 13.6. The number of hydrogen-bond acceptors (Lipinski definition) is 6. The second-order valence-electron chi connectivity index (χ2n) is 5.09. The van der Waals surface area contributed by atoms with Crippen molar-refractivity contribution in [2.24, 2.45) is 0 Å². The third kappa shape index (κ3) is 4.54. The number of aliphatic hydroxyl groups is 1. The number of alkyl halides is 3. The van der Waals surface area contributed by atoms with Gasteiger partial charge < -0.3 is 15.7 Å². The zero-order chi connectivity index (χ0) is 18.6. The van der Waals surface area contributed by atoms with Crippen molar-refractivity contribution in [2.75, 3.05) is 17.2 Å². The summed E-state index contributed by atoms with van der Waals surface area (Å²) in [6.45, 7) is 1.18. The highest BCUT2D eigenvalue weighted by Crippen LogP contribution is 2.31. The fourth-order valence-corrected chi connectivity index (χ4v) is 1.87. The highest BCUT2D eigenvalue weighted by molar-refractivity contribution is 5.65. The molecule has 6 nitrogen and oxygen atoms in total. The van der Waals surface area contributed by atoms with Crippen molar-refractivity contribution in [1.82, 2.24) is 9.97 Å². The Hall–Kier alpha value is -2.93. The molecule has 2 rings (SSSR count). The van der Waals surface area contributed by atoms with Crippen LogP contribution in [0.5, 0.6) is 0 Å². The Balaban J connectivity index is 2.45. The molecule has 1 heterocycles. The normalized spacial score (nSPS) is 12.4. The summed E-state index contributed by atoms with van der Waals surface area (Å²) >= 11 is 0. The number of aromatic nitrogens is 2. The summed E-state index contributed by atoms with van der Waals surface area (Å²) in [6, 6.07) is 5.38. The minimum atomic E-state index is -4.74. The summed E-state index contributed by atoms with van der Waals surface area (Å²) in [6.07, 6.45) is -4.74. The molecule has 3 N–H and O–H groups in total. The van der Waals surface area contributed by atoms with Crippen molar-refractivity contribution in [2.45, 2.75) is 19.1 Å². The van der Waals surface area contributed by atoms with Crippen molar-refractivity contribution < 1.29 is 22.7 Å². The molecule has 0 aliphatic rings. The number of halogens is 4. The molecule has 0 fully saturated rings. The molecule has 0 spiro atoms. The quantitative estimate of drug-likeness (QED) is 0.714. The van der Waals surface area contributed by atoms with Gasteiger partial charge in [0.15, 0.2) is 5.69 Å². The number of nitrogens with one attached hydrogen (secondary N) is 2. The molecule has 1 aromatic carbocycles. The van der Waals surface area contributed by atoms with Gasteiger partial charge in [-0.15, -0.1) is 0 Å². The summed E-state index contributed by atoms with van der Waals surface area (Å²) in [5.74, 6) is -1.46. The Morgan fingerprint density at radius 2 is 2.04 bits per heavy atom. The number of anilines is 3. The average molecular weight is 355 g/mol. The first-order chi connectivity index (χ1) is 11.7. The van der Waals surface area contributed by atoms with Gasteiger partial charge in [-0.1, -0.05) is 6.07 Å². The van der Waals surface area contributed by atoms with E-state index in [1.807, 2.05) is 0 Å². The molecular weight excluding hydrogens is 342 g/mol. The molecule has 0 saturated carbocycles. The van der Waals surface area contributed by atoms with Crippen LogP contribution in [0.1, 0.15) is 18.2 Å². The first kappa shape index (κ1) is 18.4. The monoisotopic (exact) mass is 355 g/mol. The van der Waals surface area contributed by atoms with Gasteiger partial charge in [-0.2, -0.15) is 23.4 Å². The van der Waals surface area contributed by atoms with E-state index in [-0.39, 0.29) is 29.6 Å². The van der Waals surface area contributed by atoms with Crippen LogP contribution < -0.4 is 10.6 Å². The molecule has 0 radical (unpaired) electrons. The summed E-state index contributed by atoms with van der Waals surface area (Å²) in [5, 5.41) is 23.0. The van der Waals surface area contributed by atoms with E-state index in [9.17, 15) is 17.6 Å². The molecule has 132 valence electrons. The Morgan fingerprint density at radius 1 is 1.32 bits per heavy atom. The van der Waals surface area contributed by atoms with Gasteiger partial charge in [0, 0.05) is 12.1 Å². The van der Waals surface area contributed by atoms with Crippen LogP contribution in [-0.2, 0) is 6.18 Å². The second kappa shape index (κ2) is 7.31. The Bertz CT molecular complexity index is 803. The predicted molar refractivity (Wildman–Crippen MR) is 81.6 cm³/mol. The molecule has 1 atom stereocenters. The van der Waals surface area contributed by atoms with Crippen LogP contribution in [0.4, 0.5) is 35.0 Å². The van der Waals surface area contributed by atoms with Crippen molar-refractivity contribution in [3.8, 4) is 6.07 Å². The lowest BCUT2D eigenvalue weighted by atomic mass is 10.2. The molecule has 1 aromatic heterocycles. The van der Waals surface area contributed by atoms with Crippen molar-refractivity contribution >= 4 is 17.5 Å². The van der Waals surface area contributed by atoms with Crippen LogP contribution in [0, 0.1) is 17.1 Å². The third-order valence-corrected chi connectivity index (χ3v) is 3.05. The van der Waals surface area contributed by atoms with Crippen LogP contribution in [0.2, 0.25) is 0 Å². The SMILES string of the molecule is C[C@H](CO)Nc1nc(Nc2cccc(F)c2C#N)cc(C(F)(F)F)n1. The Labute approximate surface area is 140 Å². The van der Waals surface area contributed by atoms with Gasteiger partial charge in [0.1, 0.15) is 23.3 Å². The van der Waals surface area contributed by atoms with Gasteiger partial charge in [-0.05, 0) is 19.1 Å². The van der Waals surface area contributed by atoms with Gasteiger partial charge in [0.25, 0.3) is 0 Å². The molecule has 2 aromatic rings. The average Bonchev–Trinajstić information content (AvgIpc) is 2.54. The van der Waals surface area contributed by atoms with Gasteiger partial charge in [-0.25, -0.2) is 9.37 Å². The summed E-state index contributed by atoms with van der Waals surface area (Å²) in [7, 11) is 0. The van der Waals surface area contributed by atoms with E-state index in [1.165, 1.54) is 19.1 Å². The topological polar surface area (TPSA) is 93.9 Å². The highest BCUT2D eigenvalue weighted by Gasteiger charge is 2.34. The van der Waals surface area contributed by atoms with Crippen molar-refractivity contribution in [3.05, 3.63) is 41.3 Å². The Kier molecular flexibility index (Phi) is 5.38. The minimum Gasteiger partial charge on any atom is -0.394 e. The number of nitrogens with zero attached hydrogens (tertiary/aromatic N) is 3. The maximum atomic E-state index is 13.6. The van der Waals surface area contributed by atoms with E-state index in [0.717, 1.165) is 6.07 Å². The van der Waals surface area contributed by atoms with E-state index in [4.69, 9.17) is 10.4 Å². The molecule has 0 aliphatic carbocycles. The van der Waals surface area contributed by atoms with Crippen LogP contribution >= 0.6 is 0 Å². The Morgan fingerprint density at radius 3 is 2.64 bits per heavy atom. The minimum absolute atomic E-state index is 0.0320. The van der Waals surface area contributed by atoms with Gasteiger partial charge in [0.05, 0.1) is 12.3 Å². The first-order valence-electron chi connectivity index (χ1n) is 7.04. The number of rotatable bonds is 5. The molecule has 0 aliphatic heterocycles. The highest BCUT2D eigenvalue weighted by atomic mass is 19.4. The van der Waals surface area contributed by atoms with E-state index >= 15 is 0 Å². The van der Waals surface area contributed by atoms with Gasteiger partial charge in [-0.3, -0.25) is 0 Å². The van der Waals surface area contributed by atoms with E-state index in [1.54, 1.807) is 6.07 Å². The fraction of sp³-hybridized carbons (Fsp3) is 0.267. The van der Waals surface area contributed by atoms with Crippen LogP contribution in [0.3, 0.4) is 0 Å². The fourth-order valence-electron chi connectivity index (χ4n) is 1.87. The molecule has 10 heteroatoms. The zero-order valence-corrected chi connectivity index (χ0v) is 12.9. The summed E-state index contributed by atoms with van der Waals surface area (Å²) in [5.41, 5.74) is -1.61. The van der Waals surface area contributed by atoms with E-state index < -0.39 is 23.7 Å². The molecular formula is C15H13F4N5O. The zero-order valence-electron chi connectivity index (χ0n) is 12.9. The van der Waals surface area contributed by atoms with Crippen LogP contribution in [0.25, 0.3) is 0 Å². The predicted octanol–water partition coefficient (Wildman–Crippen LogP) is 3.04. The number of aliphatic hydroxyl groups excluding tert-OH is 1.